The lowest BCUT2D eigenvalue weighted by Crippen LogP contribution is -2.32. The highest BCUT2D eigenvalue weighted by molar-refractivity contribution is 9.10. The van der Waals surface area contributed by atoms with Crippen molar-refractivity contribution in [3.05, 3.63) is 34.1 Å². The van der Waals surface area contributed by atoms with Gasteiger partial charge in [-0.1, -0.05) is 15.9 Å². The standard InChI is InChI=1S/C11H15BrFNO/c1-14-10(7-15-2)6-8-5-9(12)3-4-11(8)13/h3-5,10,14H,6-7H2,1-2H3. The Morgan fingerprint density at radius 1 is 1.53 bits per heavy atom. The number of nitrogens with one attached hydrogen (secondary N) is 1. The molecular formula is C11H15BrFNO. The van der Waals surface area contributed by atoms with Crippen molar-refractivity contribution < 1.29 is 9.13 Å². The predicted octanol–water partition coefficient (Wildman–Crippen LogP) is 2.37. The van der Waals surface area contributed by atoms with Crippen molar-refractivity contribution >= 4 is 15.9 Å². The maximum Gasteiger partial charge on any atom is 0.126 e. The van der Waals surface area contributed by atoms with Gasteiger partial charge < -0.3 is 10.1 Å². The largest absolute Gasteiger partial charge is 0.383 e. The minimum atomic E-state index is -0.172. The zero-order valence-electron chi connectivity index (χ0n) is 8.89. The third kappa shape index (κ3) is 3.89. The molecule has 0 bridgehead atoms. The second-order valence-electron chi connectivity index (χ2n) is 3.38. The zero-order valence-corrected chi connectivity index (χ0v) is 10.5. The summed E-state index contributed by atoms with van der Waals surface area (Å²) in [6, 6.07) is 5.11. The third-order valence-electron chi connectivity index (χ3n) is 2.25. The van der Waals surface area contributed by atoms with Gasteiger partial charge in [-0.15, -0.1) is 0 Å². The minimum absolute atomic E-state index is 0.138. The molecule has 84 valence electrons. The number of hydrogen-bond donors (Lipinski definition) is 1. The molecule has 0 aliphatic rings. The van der Waals surface area contributed by atoms with Crippen LogP contribution in [0.1, 0.15) is 5.56 Å². The van der Waals surface area contributed by atoms with E-state index < -0.39 is 0 Å². The number of halogens is 2. The number of rotatable bonds is 5. The average molecular weight is 276 g/mol. The molecule has 0 saturated carbocycles. The molecule has 0 aromatic heterocycles. The van der Waals surface area contributed by atoms with E-state index in [0.717, 1.165) is 4.47 Å². The fraction of sp³-hybridized carbons (Fsp3) is 0.455. The number of likely N-dealkylation sites (N-methyl/N-ethyl adjacent to an activating group) is 1. The van der Waals surface area contributed by atoms with Crippen LogP contribution in [0.5, 0.6) is 0 Å². The van der Waals surface area contributed by atoms with E-state index in [4.69, 9.17) is 4.74 Å². The van der Waals surface area contributed by atoms with Crippen molar-refractivity contribution in [2.24, 2.45) is 0 Å². The van der Waals surface area contributed by atoms with Crippen LogP contribution in [0.25, 0.3) is 0 Å². The average Bonchev–Trinajstić information content (AvgIpc) is 2.22. The Balaban J connectivity index is 2.73. The molecular weight excluding hydrogens is 261 g/mol. The first-order valence-corrected chi connectivity index (χ1v) is 5.56. The molecule has 2 nitrogen and oxygen atoms in total. The summed E-state index contributed by atoms with van der Waals surface area (Å²) in [4.78, 5) is 0. The van der Waals surface area contributed by atoms with E-state index in [1.165, 1.54) is 6.07 Å². The van der Waals surface area contributed by atoms with E-state index in [9.17, 15) is 4.39 Å². The van der Waals surface area contributed by atoms with E-state index in [1.807, 2.05) is 7.05 Å². The molecule has 1 N–H and O–H groups in total. The third-order valence-corrected chi connectivity index (χ3v) is 2.74. The van der Waals surface area contributed by atoms with Gasteiger partial charge in [-0.25, -0.2) is 4.39 Å². The predicted molar refractivity (Wildman–Crippen MR) is 62.5 cm³/mol. The normalized spacial score (nSPS) is 12.8. The molecule has 1 atom stereocenters. The van der Waals surface area contributed by atoms with E-state index in [-0.39, 0.29) is 11.9 Å². The van der Waals surface area contributed by atoms with Crippen molar-refractivity contribution in [1.82, 2.24) is 5.32 Å². The Labute approximate surface area is 98.0 Å². The first kappa shape index (κ1) is 12.6. The molecule has 1 unspecified atom stereocenters. The second kappa shape index (κ2) is 6.20. The molecule has 0 amide bonds. The van der Waals surface area contributed by atoms with Gasteiger partial charge in [0, 0.05) is 17.6 Å². The van der Waals surface area contributed by atoms with Crippen molar-refractivity contribution in [2.75, 3.05) is 20.8 Å². The first-order chi connectivity index (χ1) is 7.17. The van der Waals surface area contributed by atoms with Crippen molar-refractivity contribution in [1.29, 1.82) is 0 Å². The lowest BCUT2D eigenvalue weighted by Gasteiger charge is -2.15. The van der Waals surface area contributed by atoms with Gasteiger partial charge in [0.05, 0.1) is 6.61 Å². The summed E-state index contributed by atoms with van der Waals surface area (Å²) in [6.07, 6.45) is 0.621. The quantitative estimate of drug-likeness (QED) is 0.891. The van der Waals surface area contributed by atoms with Crippen LogP contribution < -0.4 is 5.32 Å². The lowest BCUT2D eigenvalue weighted by molar-refractivity contribution is 0.169. The Kier molecular flexibility index (Phi) is 5.22. The molecule has 0 spiro atoms. The summed E-state index contributed by atoms with van der Waals surface area (Å²) in [5.74, 6) is -0.172. The molecule has 1 aromatic carbocycles. The topological polar surface area (TPSA) is 21.3 Å². The second-order valence-corrected chi connectivity index (χ2v) is 4.30. The minimum Gasteiger partial charge on any atom is -0.383 e. The van der Waals surface area contributed by atoms with Crippen LogP contribution in [0.4, 0.5) is 4.39 Å². The summed E-state index contributed by atoms with van der Waals surface area (Å²) >= 11 is 3.33. The summed E-state index contributed by atoms with van der Waals surface area (Å²) in [5.41, 5.74) is 0.695. The number of benzene rings is 1. The van der Waals surface area contributed by atoms with Crippen molar-refractivity contribution in [3.63, 3.8) is 0 Å². The van der Waals surface area contributed by atoms with Crippen molar-refractivity contribution in [2.45, 2.75) is 12.5 Å². The van der Waals surface area contributed by atoms with Crippen LogP contribution in [0.3, 0.4) is 0 Å². The van der Waals surface area contributed by atoms with Gasteiger partial charge in [0.1, 0.15) is 5.82 Å². The Hall–Kier alpha value is -0.450. The molecule has 1 aromatic rings. The number of ether oxygens (including phenoxy) is 1. The fourth-order valence-electron chi connectivity index (χ4n) is 1.41. The van der Waals surface area contributed by atoms with E-state index >= 15 is 0 Å². The smallest absolute Gasteiger partial charge is 0.126 e. The molecule has 0 fully saturated rings. The molecule has 15 heavy (non-hydrogen) atoms. The Morgan fingerprint density at radius 2 is 2.27 bits per heavy atom. The molecule has 0 saturated heterocycles. The van der Waals surface area contributed by atoms with Crippen LogP contribution in [0, 0.1) is 5.82 Å². The van der Waals surface area contributed by atoms with Crippen LogP contribution >= 0.6 is 15.9 Å². The SMILES string of the molecule is CNC(COC)Cc1cc(Br)ccc1F. The van der Waals surface area contributed by atoms with Crippen LogP contribution in [0.15, 0.2) is 22.7 Å². The van der Waals surface area contributed by atoms with Gasteiger partial charge in [-0.2, -0.15) is 0 Å². The number of methoxy groups -OCH3 is 1. The lowest BCUT2D eigenvalue weighted by atomic mass is 10.1. The Morgan fingerprint density at radius 3 is 2.87 bits per heavy atom. The van der Waals surface area contributed by atoms with E-state index in [2.05, 4.69) is 21.2 Å². The van der Waals surface area contributed by atoms with Crippen LogP contribution in [-0.2, 0) is 11.2 Å². The summed E-state index contributed by atoms with van der Waals surface area (Å²) < 4.78 is 19.4. The molecule has 1 rings (SSSR count). The van der Waals surface area contributed by atoms with Crippen molar-refractivity contribution in [3.8, 4) is 0 Å². The fourth-order valence-corrected chi connectivity index (χ4v) is 1.82. The van der Waals surface area contributed by atoms with Gasteiger partial charge >= 0.3 is 0 Å². The monoisotopic (exact) mass is 275 g/mol. The van der Waals surface area contributed by atoms with E-state index in [1.54, 1.807) is 19.2 Å². The van der Waals surface area contributed by atoms with Gasteiger partial charge in [0.15, 0.2) is 0 Å². The maximum absolute atomic E-state index is 13.4. The highest BCUT2D eigenvalue weighted by atomic mass is 79.9. The van der Waals surface area contributed by atoms with E-state index in [0.29, 0.717) is 18.6 Å². The zero-order chi connectivity index (χ0) is 11.3. The Bertz CT molecular complexity index is 319. The van der Waals surface area contributed by atoms with Gasteiger partial charge in [0.25, 0.3) is 0 Å². The van der Waals surface area contributed by atoms with Gasteiger partial charge in [-0.05, 0) is 37.2 Å². The summed E-state index contributed by atoms with van der Waals surface area (Å²) in [7, 11) is 3.49. The highest BCUT2D eigenvalue weighted by Crippen LogP contribution is 2.16. The maximum atomic E-state index is 13.4. The molecule has 4 heteroatoms. The number of hydrogen-bond acceptors (Lipinski definition) is 2. The first-order valence-electron chi connectivity index (χ1n) is 4.77. The van der Waals surface area contributed by atoms with Gasteiger partial charge in [-0.3, -0.25) is 0 Å². The van der Waals surface area contributed by atoms with Crippen LogP contribution in [0.2, 0.25) is 0 Å². The molecule has 0 heterocycles. The highest BCUT2D eigenvalue weighted by Gasteiger charge is 2.10. The molecule has 0 aliphatic heterocycles. The van der Waals surface area contributed by atoms with Crippen LogP contribution in [-0.4, -0.2) is 26.8 Å². The van der Waals surface area contributed by atoms with Gasteiger partial charge in [0.2, 0.25) is 0 Å². The summed E-state index contributed by atoms with van der Waals surface area (Å²) in [5, 5.41) is 3.09. The summed E-state index contributed by atoms with van der Waals surface area (Å²) in [6.45, 7) is 0.572. The molecule has 0 aliphatic carbocycles. The molecule has 0 radical (unpaired) electrons.